The van der Waals surface area contributed by atoms with Crippen LogP contribution in [0.5, 0.6) is 0 Å². The van der Waals surface area contributed by atoms with E-state index in [1.165, 1.54) is 0 Å². The molecule has 0 aromatic carbocycles. The van der Waals surface area contributed by atoms with E-state index in [-0.39, 0.29) is 0 Å². The van der Waals surface area contributed by atoms with Gasteiger partial charge in [-0.3, -0.25) is 4.98 Å². The summed E-state index contributed by atoms with van der Waals surface area (Å²) >= 11 is 0. The summed E-state index contributed by atoms with van der Waals surface area (Å²) < 4.78 is 0. The molecule has 0 aliphatic heterocycles. The Labute approximate surface area is 65.2 Å². The highest BCUT2D eigenvalue weighted by molar-refractivity contribution is 5.50. The van der Waals surface area contributed by atoms with E-state index in [2.05, 4.69) is 4.98 Å². The average Bonchev–Trinajstić information content (AvgIpc) is 2.01. The van der Waals surface area contributed by atoms with Gasteiger partial charge in [0.25, 0.3) is 0 Å². The molecule has 0 atom stereocenters. The van der Waals surface area contributed by atoms with Crippen LogP contribution < -0.4 is 5.73 Å². The van der Waals surface area contributed by atoms with E-state index in [1.54, 1.807) is 18.3 Å². The second-order valence-electron chi connectivity index (χ2n) is 2.29. The van der Waals surface area contributed by atoms with Gasteiger partial charge >= 0.3 is 0 Å². The van der Waals surface area contributed by atoms with Gasteiger partial charge in [-0.15, -0.1) is 0 Å². The lowest BCUT2D eigenvalue weighted by molar-refractivity contribution is -0.107. The molecule has 0 aliphatic carbocycles. The van der Waals surface area contributed by atoms with Crippen molar-refractivity contribution in [2.24, 2.45) is 0 Å². The fourth-order valence-electron chi connectivity index (χ4n) is 0.840. The summed E-state index contributed by atoms with van der Waals surface area (Å²) in [6, 6.07) is 3.51. The lowest BCUT2D eigenvalue weighted by Gasteiger charge is -1.96. The van der Waals surface area contributed by atoms with Gasteiger partial charge in [0.1, 0.15) is 6.29 Å². The number of hydrogen-bond donors (Lipinski definition) is 1. The van der Waals surface area contributed by atoms with Gasteiger partial charge in [-0.25, -0.2) is 0 Å². The van der Waals surface area contributed by atoms with Crippen molar-refractivity contribution in [1.29, 1.82) is 0 Å². The Kier molecular flexibility index (Phi) is 2.60. The first kappa shape index (κ1) is 7.72. The lowest BCUT2D eigenvalue weighted by Crippen LogP contribution is -1.93. The highest BCUT2D eigenvalue weighted by Gasteiger charge is 1.93. The maximum atomic E-state index is 10.0. The lowest BCUT2D eigenvalue weighted by atomic mass is 10.2. The summed E-state index contributed by atoms with van der Waals surface area (Å²) in [7, 11) is 0. The number of aryl methyl sites for hydroxylation is 1. The Hall–Kier alpha value is -1.38. The van der Waals surface area contributed by atoms with Gasteiger partial charge in [0, 0.05) is 24.0 Å². The number of aldehydes is 1. The van der Waals surface area contributed by atoms with Gasteiger partial charge in [0.05, 0.1) is 0 Å². The molecule has 0 aliphatic rings. The molecular weight excluding hydrogens is 140 g/mol. The molecule has 1 heterocycles. The minimum absolute atomic E-state index is 0.510. The highest BCUT2D eigenvalue weighted by Crippen LogP contribution is 2.03. The van der Waals surface area contributed by atoms with Crippen molar-refractivity contribution in [2.75, 3.05) is 5.73 Å². The molecule has 0 saturated carbocycles. The van der Waals surface area contributed by atoms with Gasteiger partial charge in [-0.1, -0.05) is 0 Å². The molecule has 0 spiro atoms. The number of nitrogens with zero attached hydrogens (tertiary/aromatic N) is 1. The molecule has 0 unspecified atom stereocenters. The van der Waals surface area contributed by atoms with Crippen LogP contribution in [-0.2, 0) is 11.2 Å². The van der Waals surface area contributed by atoms with Crippen LogP contribution in [0.4, 0.5) is 5.69 Å². The fourth-order valence-corrected chi connectivity index (χ4v) is 0.840. The van der Waals surface area contributed by atoms with Crippen molar-refractivity contribution in [3.8, 4) is 0 Å². The number of carbonyl (C=O) groups is 1. The number of aromatic nitrogens is 1. The van der Waals surface area contributed by atoms with Crippen LogP contribution >= 0.6 is 0 Å². The van der Waals surface area contributed by atoms with Crippen molar-refractivity contribution < 1.29 is 4.79 Å². The summed E-state index contributed by atoms with van der Waals surface area (Å²) in [4.78, 5) is 14.0. The summed E-state index contributed by atoms with van der Waals surface area (Å²) in [5.74, 6) is 0. The van der Waals surface area contributed by atoms with Crippen LogP contribution in [-0.4, -0.2) is 11.3 Å². The van der Waals surface area contributed by atoms with Crippen molar-refractivity contribution in [3.63, 3.8) is 0 Å². The predicted molar refractivity (Wildman–Crippen MR) is 43.0 cm³/mol. The van der Waals surface area contributed by atoms with Crippen molar-refractivity contribution in [3.05, 3.63) is 24.0 Å². The van der Waals surface area contributed by atoms with Crippen LogP contribution in [0.2, 0.25) is 0 Å². The molecule has 0 radical (unpaired) electrons. The number of pyridine rings is 1. The first-order chi connectivity index (χ1) is 5.33. The van der Waals surface area contributed by atoms with Crippen molar-refractivity contribution >= 4 is 12.0 Å². The number of carbonyl (C=O) groups excluding carboxylic acids is 1. The molecule has 11 heavy (non-hydrogen) atoms. The minimum atomic E-state index is 0.510. The van der Waals surface area contributed by atoms with Crippen LogP contribution in [0.15, 0.2) is 18.3 Å². The van der Waals surface area contributed by atoms with Crippen molar-refractivity contribution in [2.45, 2.75) is 12.8 Å². The van der Waals surface area contributed by atoms with Gasteiger partial charge in [0.15, 0.2) is 0 Å². The van der Waals surface area contributed by atoms with Gasteiger partial charge < -0.3 is 10.5 Å². The molecule has 1 aromatic rings. The molecule has 0 bridgehead atoms. The SMILES string of the molecule is Nc1ccnc(CCC=O)c1. The standard InChI is InChI=1S/C8H10N2O/c9-7-3-4-10-8(6-7)2-1-5-11/h3-6H,1-2H2,(H2,9,10). The third kappa shape index (κ3) is 2.37. The van der Waals surface area contributed by atoms with Gasteiger partial charge in [-0.2, -0.15) is 0 Å². The quantitative estimate of drug-likeness (QED) is 0.648. The summed E-state index contributed by atoms with van der Waals surface area (Å²) in [5.41, 5.74) is 7.07. The molecule has 1 aromatic heterocycles. The Morgan fingerprint density at radius 3 is 3.09 bits per heavy atom. The molecule has 1 rings (SSSR count). The minimum Gasteiger partial charge on any atom is -0.399 e. The van der Waals surface area contributed by atoms with Crippen LogP contribution in [0.1, 0.15) is 12.1 Å². The number of anilines is 1. The monoisotopic (exact) mass is 150 g/mol. The molecular formula is C8H10N2O. The topological polar surface area (TPSA) is 56.0 Å². The van der Waals surface area contributed by atoms with E-state index in [1.807, 2.05) is 0 Å². The normalized spacial score (nSPS) is 9.45. The zero-order valence-corrected chi connectivity index (χ0v) is 6.16. The Bertz CT molecular complexity index is 248. The second kappa shape index (κ2) is 3.71. The third-order valence-electron chi connectivity index (χ3n) is 1.36. The molecule has 0 fully saturated rings. The molecule has 0 amide bonds. The van der Waals surface area contributed by atoms with Crippen LogP contribution in [0, 0.1) is 0 Å². The largest absolute Gasteiger partial charge is 0.399 e. The second-order valence-corrected chi connectivity index (χ2v) is 2.29. The Morgan fingerprint density at radius 1 is 1.64 bits per heavy atom. The third-order valence-corrected chi connectivity index (χ3v) is 1.36. The fraction of sp³-hybridized carbons (Fsp3) is 0.250. The maximum absolute atomic E-state index is 10.0. The number of rotatable bonds is 3. The van der Waals surface area contributed by atoms with Crippen LogP contribution in [0.25, 0.3) is 0 Å². The highest BCUT2D eigenvalue weighted by atomic mass is 16.1. The first-order valence-electron chi connectivity index (χ1n) is 3.47. The maximum Gasteiger partial charge on any atom is 0.120 e. The average molecular weight is 150 g/mol. The molecule has 3 heteroatoms. The van der Waals surface area contributed by atoms with E-state index in [9.17, 15) is 4.79 Å². The summed E-state index contributed by atoms with van der Waals surface area (Å²) in [6.07, 6.45) is 3.71. The predicted octanol–water partition coefficient (Wildman–Crippen LogP) is 0.795. The zero-order chi connectivity index (χ0) is 8.10. The smallest absolute Gasteiger partial charge is 0.120 e. The van der Waals surface area contributed by atoms with E-state index in [4.69, 9.17) is 5.73 Å². The molecule has 58 valence electrons. The van der Waals surface area contributed by atoms with Gasteiger partial charge in [0.2, 0.25) is 0 Å². The number of nitrogens with two attached hydrogens (primary N) is 1. The van der Waals surface area contributed by atoms with E-state index in [0.29, 0.717) is 18.5 Å². The summed E-state index contributed by atoms with van der Waals surface area (Å²) in [6.45, 7) is 0. The Morgan fingerprint density at radius 2 is 2.45 bits per heavy atom. The molecule has 0 saturated heterocycles. The van der Waals surface area contributed by atoms with Crippen molar-refractivity contribution in [1.82, 2.24) is 4.98 Å². The zero-order valence-electron chi connectivity index (χ0n) is 6.16. The van der Waals surface area contributed by atoms with Crippen LogP contribution in [0.3, 0.4) is 0 Å². The molecule has 3 nitrogen and oxygen atoms in total. The first-order valence-corrected chi connectivity index (χ1v) is 3.47. The van der Waals surface area contributed by atoms with E-state index < -0.39 is 0 Å². The van der Waals surface area contributed by atoms with E-state index >= 15 is 0 Å². The summed E-state index contributed by atoms with van der Waals surface area (Å²) in [5, 5.41) is 0. The van der Waals surface area contributed by atoms with Gasteiger partial charge in [-0.05, 0) is 18.6 Å². The number of hydrogen-bond acceptors (Lipinski definition) is 3. The van der Waals surface area contributed by atoms with E-state index in [0.717, 1.165) is 12.0 Å². The Balaban J connectivity index is 2.63. The molecule has 2 N–H and O–H groups in total. The number of nitrogen functional groups attached to an aromatic ring is 1.